The highest BCUT2D eigenvalue weighted by Gasteiger charge is 2.58. The molecule has 3 N–H and O–H groups in total. The van der Waals surface area contributed by atoms with Gasteiger partial charge in [-0.1, -0.05) is 45.4 Å². The van der Waals surface area contributed by atoms with E-state index in [-0.39, 0.29) is 11.4 Å². The van der Waals surface area contributed by atoms with Gasteiger partial charge in [-0.25, -0.2) is 0 Å². The Morgan fingerprint density at radius 3 is 1.68 bits per heavy atom. The van der Waals surface area contributed by atoms with Gasteiger partial charge < -0.3 is 19.7 Å². The van der Waals surface area contributed by atoms with Crippen molar-refractivity contribution in [2.75, 3.05) is 19.8 Å². The minimum atomic E-state index is -2.21. The summed E-state index contributed by atoms with van der Waals surface area (Å²) >= 11 is 0. The SMILES string of the molecule is C1CCC1.CCOC1(CC)CCCC[Si]1(OCC)OCC.N. The average Bonchev–Trinajstić information content (AvgIpc) is 2.40. The molecule has 0 aromatic heterocycles. The zero-order chi connectivity index (χ0) is 15.6. The van der Waals surface area contributed by atoms with E-state index in [2.05, 4.69) is 27.7 Å². The molecule has 0 aromatic carbocycles. The van der Waals surface area contributed by atoms with Gasteiger partial charge in [0.05, 0.1) is 0 Å². The van der Waals surface area contributed by atoms with E-state index in [0.29, 0.717) is 0 Å². The van der Waals surface area contributed by atoms with Crippen LogP contribution < -0.4 is 6.15 Å². The minimum Gasteiger partial charge on any atom is -0.393 e. The van der Waals surface area contributed by atoms with Crippen molar-refractivity contribution < 1.29 is 13.6 Å². The van der Waals surface area contributed by atoms with Crippen molar-refractivity contribution in [2.24, 2.45) is 0 Å². The van der Waals surface area contributed by atoms with Crippen LogP contribution in [0.3, 0.4) is 0 Å². The lowest BCUT2D eigenvalue weighted by atomic mass is 10.0. The van der Waals surface area contributed by atoms with Crippen LogP contribution in [0.1, 0.15) is 79.1 Å². The highest BCUT2D eigenvalue weighted by molar-refractivity contribution is 6.70. The van der Waals surface area contributed by atoms with E-state index >= 15 is 0 Å². The summed E-state index contributed by atoms with van der Waals surface area (Å²) in [7, 11) is -2.21. The van der Waals surface area contributed by atoms with Gasteiger partial charge in [0.15, 0.2) is 0 Å². The molecule has 1 atom stereocenters. The molecule has 1 aliphatic carbocycles. The summed E-state index contributed by atoms with van der Waals surface area (Å²) < 4.78 is 18.5. The maximum atomic E-state index is 6.16. The predicted octanol–water partition coefficient (Wildman–Crippen LogP) is 5.13. The summed E-state index contributed by atoms with van der Waals surface area (Å²) in [6, 6.07) is 1.09. The van der Waals surface area contributed by atoms with E-state index < -0.39 is 8.56 Å². The molecule has 1 saturated carbocycles. The Bertz CT molecular complexity index is 255. The minimum absolute atomic E-state index is 0. The van der Waals surface area contributed by atoms with Gasteiger partial charge in [-0.15, -0.1) is 0 Å². The first-order valence-corrected chi connectivity index (χ1v) is 11.1. The Labute approximate surface area is 139 Å². The van der Waals surface area contributed by atoms with Crippen molar-refractivity contribution in [2.45, 2.75) is 90.3 Å². The maximum Gasteiger partial charge on any atom is 0.371 e. The standard InChI is InChI=1S/C13H28O3Si.C4H8.H3N/c1-5-13(14-6-2)11-9-10-12-17(13,15-7-3)16-8-4;1-2-4-3-1;/h5-12H2,1-4H3;1-4H2;1H3. The van der Waals surface area contributed by atoms with Gasteiger partial charge >= 0.3 is 8.56 Å². The monoisotopic (exact) mass is 333 g/mol. The Balaban J connectivity index is 0.000000761. The van der Waals surface area contributed by atoms with Crippen LogP contribution in [-0.4, -0.2) is 33.6 Å². The van der Waals surface area contributed by atoms with E-state index in [4.69, 9.17) is 13.6 Å². The summed E-state index contributed by atoms with van der Waals surface area (Å²) in [4.78, 5) is 0. The van der Waals surface area contributed by atoms with Crippen molar-refractivity contribution in [3.8, 4) is 0 Å². The van der Waals surface area contributed by atoms with Crippen LogP contribution >= 0.6 is 0 Å². The largest absolute Gasteiger partial charge is 0.393 e. The van der Waals surface area contributed by atoms with Crippen LogP contribution in [0.15, 0.2) is 0 Å². The quantitative estimate of drug-likeness (QED) is 0.656. The molecule has 1 saturated heterocycles. The van der Waals surface area contributed by atoms with Crippen LogP contribution in [0.4, 0.5) is 0 Å². The third kappa shape index (κ3) is 5.30. The van der Waals surface area contributed by atoms with Crippen LogP contribution in [0.25, 0.3) is 0 Å². The molecule has 2 rings (SSSR count). The first-order valence-electron chi connectivity index (χ1n) is 9.12. The van der Waals surface area contributed by atoms with E-state index in [9.17, 15) is 0 Å². The zero-order valence-electron chi connectivity index (χ0n) is 15.4. The summed E-state index contributed by atoms with van der Waals surface area (Å²) in [6.07, 6.45) is 10.6. The molecule has 0 radical (unpaired) electrons. The molecule has 0 bridgehead atoms. The van der Waals surface area contributed by atoms with Gasteiger partial charge in [0, 0.05) is 19.8 Å². The number of hydrogen-bond acceptors (Lipinski definition) is 4. The second-order valence-corrected chi connectivity index (χ2v) is 9.52. The van der Waals surface area contributed by atoms with E-state index in [0.717, 1.165) is 38.7 Å². The van der Waals surface area contributed by atoms with Crippen molar-refractivity contribution in [3.63, 3.8) is 0 Å². The van der Waals surface area contributed by atoms with Gasteiger partial charge in [-0.3, -0.25) is 0 Å². The van der Waals surface area contributed by atoms with E-state index in [1.807, 2.05) is 0 Å². The lowest BCUT2D eigenvalue weighted by Crippen LogP contribution is -2.65. The summed E-state index contributed by atoms with van der Waals surface area (Å²) in [5.41, 5.74) is 0. The molecule has 5 heteroatoms. The molecule has 2 fully saturated rings. The van der Waals surface area contributed by atoms with Crippen LogP contribution in [0, 0.1) is 0 Å². The van der Waals surface area contributed by atoms with Crippen molar-refractivity contribution in [3.05, 3.63) is 0 Å². The molecule has 4 nitrogen and oxygen atoms in total. The van der Waals surface area contributed by atoms with Crippen molar-refractivity contribution in [1.29, 1.82) is 0 Å². The molecule has 22 heavy (non-hydrogen) atoms. The maximum absolute atomic E-state index is 6.16. The molecule has 2 aliphatic rings. The molecule has 0 aromatic rings. The average molecular weight is 334 g/mol. The first kappa shape index (κ1) is 22.1. The number of ether oxygens (including phenoxy) is 1. The van der Waals surface area contributed by atoms with Crippen LogP contribution in [-0.2, 0) is 13.6 Å². The van der Waals surface area contributed by atoms with Gasteiger partial charge in [-0.2, -0.15) is 0 Å². The molecule has 0 spiro atoms. The fourth-order valence-corrected chi connectivity index (χ4v) is 7.82. The highest BCUT2D eigenvalue weighted by Crippen LogP contribution is 2.42. The van der Waals surface area contributed by atoms with Gasteiger partial charge in [0.2, 0.25) is 0 Å². The van der Waals surface area contributed by atoms with Crippen LogP contribution in [0.5, 0.6) is 0 Å². The second-order valence-electron chi connectivity index (χ2n) is 6.02. The fraction of sp³-hybridized carbons (Fsp3) is 1.00. The normalized spacial score (nSPS) is 26.2. The number of rotatable bonds is 7. The second kappa shape index (κ2) is 11.6. The van der Waals surface area contributed by atoms with Crippen molar-refractivity contribution in [1.82, 2.24) is 6.15 Å². The Morgan fingerprint density at radius 1 is 0.773 bits per heavy atom. The summed E-state index contributed by atoms with van der Waals surface area (Å²) in [5.74, 6) is 0. The predicted molar refractivity (Wildman–Crippen MR) is 95.8 cm³/mol. The Hall–Kier alpha value is 0.0569. The summed E-state index contributed by atoms with van der Waals surface area (Å²) in [5, 5.41) is -0.119. The zero-order valence-corrected chi connectivity index (χ0v) is 16.4. The topological polar surface area (TPSA) is 62.7 Å². The van der Waals surface area contributed by atoms with Gasteiger partial charge in [0.25, 0.3) is 0 Å². The van der Waals surface area contributed by atoms with E-state index in [1.54, 1.807) is 0 Å². The number of hydrogen-bond donors (Lipinski definition) is 1. The highest BCUT2D eigenvalue weighted by atomic mass is 28.4. The third-order valence-corrected chi connectivity index (χ3v) is 9.44. The Morgan fingerprint density at radius 2 is 1.32 bits per heavy atom. The molecular weight excluding hydrogens is 294 g/mol. The van der Waals surface area contributed by atoms with Crippen molar-refractivity contribution >= 4 is 8.56 Å². The fourth-order valence-electron chi connectivity index (χ4n) is 3.36. The van der Waals surface area contributed by atoms with Gasteiger partial charge in [0.1, 0.15) is 5.22 Å². The van der Waals surface area contributed by atoms with E-state index in [1.165, 1.54) is 38.5 Å². The summed E-state index contributed by atoms with van der Waals surface area (Å²) in [6.45, 7) is 10.6. The first-order chi connectivity index (χ1) is 10.2. The molecule has 1 aliphatic heterocycles. The smallest absolute Gasteiger partial charge is 0.371 e. The molecule has 134 valence electrons. The lowest BCUT2D eigenvalue weighted by Gasteiger charge is -2.49. The van der Waals surface area contributed by atoms with Gasteiger partial charge in [-0.05, 0) is 39.7 Å². The third-order valence-electron chi connectivity index (χ3n) is 4.78. The molecular formula is C17H39NO3Si. The molecule has 0 amide bonds. The van der Waals surface area contributed by atoms with Crippen LogP contribution in [0.2, 0.25) is 6.04 Å². The molecule has 1 unspecified atom stereocenters. The Kier molecular flexibility index (Phi) is 11.6. The lowest BCUT2D eigenvalue weighted by molar-refractivity contribution is -0.0426. The molecule has 1 heterocycles.